The van der Waals surface area contributed by atoms with Gasteiger partial charge < -0.3 is 10.3 Å². The average molecular weight is 333 g/mol. The van der Waals surface area contributed by atoms with Gasteiger partial charge in [0.05, 0.1) is 0 Å². The lowest BCUT2D eigenvalue weighted by Crippen LogP contribution is -2.23. The number of amides is 1. The summed E-state index contributed by atoms with van der Waals surface area (Å²) in [5, 5.41) is 8.10. The minimum absolute atomic E-state index is 0.118. The first-order valence-electron chi connectivity index (χ1n) is 7.62. The van der Waals surface area contributed by atoms with E-state index < -0.39 is 0 Å². The molecule has 0 atom stereocenters. The molecule has 0 saturated carbocycles. The van der Waals surface area contributed by atoms with Gasteiger partial charge in [-0.1, -0.05) is 18.2 Å². The summed E-state index contributed by atoms with van der Waals surface area (Å²) >= 11 is 1.66. The molecule has 3 aromatic heterocycles. The van der Waals surface area contributed by atoms with Crippen molar-refractivity contribution in [3.8, 4) is 11.1 Å². The molecular weight excluding hydrogens is 318 g/mol. The Morgan fingerprint density at radius 1 is 1.12 bits per heavy atom. The predicted octanol–water partition coefficient (Wildman–Crippen LogP) is 4.22. The van der Waals surface area contributed by atoms with E-state index in [4.69, 9.17) is 0 Å². The maximum atomic E-state index is 12.3. The first-order valence-corrected chi connectivity index (χ1v) is 8.56. The minimum Gasteiger partial charge on any atom is -0.351 e. The maximum Gasteiger partial charge on any atom is 0.267 e. The number of H-pyrrole nitrogens is 1. The zero-order valence-electron chi connectivity index (χ0n) is 12.8. The van der Waals surface area contributed by atoms with Gasteiger partial charge in [-0.2, -0.15) is 11.3 Å². The van der Waals surface area contributed by atoms with Crippen LogP contribution >= 0.6 is 11.3 Å². The van der Waals surface area contributed by atoms with Crippen LogP contribution in [-0.2, 0) is 6.54 Å². The number of rotatable bonds is 4. The van der Waals surface area contributed by atoms with E-state index in [1.54, 1.807) is 17.5 Å². The van der Waals surface area contributed by atoms with Gasteiger partial charge in [0.15, 0.2) is 0 Å². The Morgan fingerprint density at radius 2 is 2.04 bits per heavy atom. The minimum atomic E-state index is -0.118. The number of hydrogen-bond acceptors (Lipinski definition) is 3. The van der Waals surface area contributed by atoms with Crippen LogP contribution in [-0.4, -0.2) is 15.9 Å². The van der Waals surface area contributed by atoms with E-state index >= 15 is 0 Å². The van der Waals surface area contributed by atoms with Crippen molar-refractivity contribution >= 4 is 28.1 Å². The molecule has 2 N–H and O–H groups in total. The van der Waals surface area contributed by atoms with Crippen LogP contribution in [0.15, 0.2) is 65.6 Å². The summed E-state index contributed by atoms with van der Waals surface area (Å²) in [5.41, 5.74) is 4.72. The third-order valence-electron chi connectivity index (χ3n) is 3.88. The number of para-hydroxylation sites is 1. The molecule has 0 aliphatic heterocycles. The van der Waals surface area contributed by atoms with E-state index in [0.29, 0.717) is 12.2 Å². The molecule has 0 radical (unpaired) electrons. The molecule has 0 unspecified atom stereocenters. The van der Waals surface area contributed by atoms with Crippen LogP contribution in [0.2, 0.25) is 0 Å². The first-order chi connectivity index (χ1) is 11.8. The Kier molecular flexibility index (Phi) is 3.84. The van der Waals surface area contributed by atoms with Crippen LogP contribution in [0.25, 0.3) is 22.0 Å². The molecule has 0 fully saturated rings. The van der Waals surface area contributed by atoms with Crippen LogP contribution in [0.4, 0.5) is 0 Å². The number of aromatic amines is 1. The highest BCUT2D eigenvalue weighted by Crippen LogP contribution is 2.22. The topological polar surface area (TPSA) is 57.8 Å². The second-order valence-electron chi connectivity index (χ2n) is 5.55. The van der Waals surface area contributed by atoms with Crippen molar-refractivity contribution in [1.82, 2.24) is 15.3 Å². The van der Waals surface area contributed by atoms with Gasteiger partial charge in [-0.3, -0.25) is 9.78 Å². The lowest BCUT2D eigenvalue weighted by Gasteiger charge is -2.05. The van der Waals surface area contributed by atoms with Gasteiger partial charge in [0, 0.05) is 35.4 Å². The number of thiophene rings is 1. The van der Waals surface area contributed by atoms with E-state index in [9.17, 15) is 4.79 Å². The third-order valence-corrected chi connectivity index (χ3v) is 4.56. The molecule has 4 rings (SSSR count). The summed E-state index contributed by atoms with van der Waals surface area (Å²) in [6.07, 6.45) is 3.62. The van der Waals surface area contributed by atoms with Crippen molar-refractivity contribution in [3.63, 3.8) is 0 Å². The summed E-state index contributed by atoms with van der Waals surface area (Å²) < 4.78 is 0. The normalized spacial score (nSPS) is 10.8. The van der Waals surface area contributed by atoms with E-state index in [1.807, 2.05) is 41.9 Å². The molecule has 118 valence electrons. The quantitative estimate of drug-likeness (QED) is 0.587. The summed E-state index contributed by atoms with van der Waals surface area (Å²) in [4.78, 5) is 19.8. The largest absolute Gasteiger partial charge is 0.351 e. The van der Waals surface area contributed by atoms with Crippen molar-refractivity contribution in [2.45, 2.75) is 6.54 Å². The van der Waals surface area contributed by atoms with Crippen LogP contribution in [0.3, 0.4) is 0 Å². The highest BCUT2D eigenvalue weighted by atomic mass is 32.1. The van der Waals surface area contributed by atoms with Gasteiger partial charge in [-0.15, -0.1) is 0 Å². The number of carbonyl (C=O) groups excluding carboxylic acids is 1. The van der Waals surface area contributed by atoms with E-state index in [1.165, 1.54) is 0 Å². The smallest absolute Gasteiger partial charge is 0.267 e. The molecule has 0 spiro atoms. The van der Waals surface area contributed by atoms with Crippen LogP contribution < -0.4 is 5.32 Å². The molecule has 0 saturated heterocycles. The Bertz CT molecular complexity index is 956. The van der Waals surface area contributed by atoms with Crippen molar-refractivity contribution in [1.29, 1.82) is 0 Å². The molecule has 4 aromatic rings. The summed E-state index contributed by atoms with van der Waals surface area (Å²) in [5.74, 6) is -0.118. The van der Waals surface area contributed by atoms with E-state index in [0.717, 1.165) is 27.6 Å². The molecule has 1 aromatic carbocycles. The van der Waals surface area contributed by atoms with Gasteiger partial charge >= 0.3 is 0 Å². The SMILES string of the molecule is O=C(NCc1cncc(-c2ccsc2)c1)c1cc2ccccc2[nH]1. The van der Waals surface area contributed by atoms with Gasteiger partial charge in [-0.25, -0.2) is 0 Å². The first kappa shape index (κ1) is 14.7. The van der Waals surface area contributed by atoms with Crippen LogP contribution in [0.5, 0.6) is 0 Å². The van der Waals surface area contributed by atoms with Crippen molar-refractivity contribution in [3.05, 3.63) is 76.9 Å². The number of nitrogens with one attached hydrogen (secondary N) is 2. The molecule has 5 heteroatoms. The fourth-order valence-electron chi connectivity index (χ4n) is 2.64. The van der Waals surface area contributed by atoms with Crippen molar-refractivity contribution in [2.75, 3.05) is 0 Å². The number of carbonyl (C=O) groups is 1. The summed E-state index contributed by atoms with van der Waals surface area (Å²) in [7, 11) is 0. The summed E-state index contributed by atoms with van der Waals surface area (Å²) in [6, 6.07) is 13.8. The number of pyridine rings is 1. The van der Waals surface area contributed by atoms with Gasteiger partial charge in [-0.05, 0) is 46.2 Å². The fourth-order valence-corrected chi connectivity index (χ4v) is 3.31. The zero-order valence-corrected chi connectivity index (χ0v) is 13.6. The van der Waals surface area contributed by atoms with Gasteiger partial charge in [0.2, 0.25) is 0 Å². The molecule has 3 heterocycles. The number of benzene rings is 1. The highest BCUT2D eigenvalue weighted by Gasteiger charge is 2.09. The predicted molar refractivity (Wildman–Crippen MR) is 97.0 cm³/mol. The van der Waals surface area contributed by atoms with Gasteiger partial charge in [0.25, 0.3) is 5.91 Å². The number of aromatic nitrogens is 2. The van der Waals surface area contributed by atoms with E-state index in [-0.39, 0.29) is 5.91 Å². The standard InChI is InChI=1S/C19H15N3OS/c23-19(18-8-14-3-1-2-4-17(14)22-18)21-10-13-7-16(11-20-9-13)15-5-6-24-12-15/h1-9,11-12,22H,10H2,(H,21,23). The molecule has 0 aliphatic rings. The molecule has 1 amide bonds. The zero-order chi connectivity index (χ0) is 16.4. The summed E-state index contributed by atoms with van der Waals surface area (Å²) in [6.45, 7) is 0.444. The Morgan fingerprint density at radius 3 is 2.88 bits per heavy atom. The Hall–Kier alpha value is -2.92. The van der Waals surface area contributed by atoms with Gasteiger partial charge in [0.1, 0.15) is 5.69 Å². The molecule has 0 bridgehead atoms. The fraction of sp³-hybridized carbons (Fsp3) is 0.0526. The molecule has 24 heavy (non-hydrogen) atoms. The van der Waals surface area contributed by atoms with Crippen molar-refractivity contribution in [2.24, 2.45) is 0 Å². The highest BCUT2D eigenvalue weighted by molar-refractivity contribution is 7.08. The maximum absolute atomic E-state index is 12.3. The Balaban J connectivity index is 1.48. The molecule has 0 aliphatic carbocycles. The number of fused-ring (bicyclic) bond motifs is 1. The van der Waals surface area contributed by atoms with E-state index in [2.05, 4.69) is 32.8 Å². The molecular formula is C19H15N3OS. The second-order valence-corrected chi connectivity index (χ2v) is 6.33. The lowest BCUT2D eigenvalue weighted by atomic mass is 10.1. The second kappa shape index (κ2) is 6.29. The van der Waals surface area contributed by atoms with Crippen LogP contribution in [0.1, 0.15) is 16.1 Å². The lowest BCUT2D eigenvalue weighted by molar-refractivity contribution is 0.0946. The average Bonchev–Trinajstić information content (AvgIpc) is 3.29. The number of hydrogen-bond donors (Lipinski definition) is 2. The monoisotopic (exact) mass is 333 g/mol. The Labute approximate surface area is 143 Å². The van der Waals surface area contributed by atoms with Crippen LogP contribution in [0, 0.1) is 0 Å². The number of nitrogens with zero attached hydrogens (tertiary/aromatic N) is 1. The third kappa shape index (κ3) is 2.94. The molecule has 4 nitrogen and oxygen atoms in total. The van der Waals surface area contributed by atoms with Crippen molar-refractivity contribution < 1.29 is 4.79 Å².